The molecule has 1 unspecified atom stereocenters. The second-order valence-electron chi connectivity index (χ2n) is 4.91. The number of amides is 3. The average molecular weight is 337 g/mol. The zero-order valence-electron chi connectivity index (χ0n) is 12.6. The molecule has 1 aliphatic heterocycles. The molecular weight excluding hydrogens is 324 g/mol. The summed E-state index contributed by atoms with van der Waals surface area (Å²) in [6, 6.07) is 0.112. The number of hydrogen-bond donors (Lipinski definition) is 0. The van der Waals surface area contributed by atoms with Crippen LogP contribution >= 0.6 is 0 Å². The number of hydrazone groups is 1. The van der Waals surface area contributed by atoms with Gasteiger partial charge in [-0.15, -0.1) is 0 Å². The van der Waals surface area contributed by atoms with Gasteiger partial charge in [-0.25, -0.2) is 9.80 Å². The van der Waals surface area contributed by atoms with Crippen molar-refractivity contribution in [3.05, 3.63) is 28.0 Å². The molecule has 0 aliphatic carbocycles. The van der Waals surface area contributed by atoms with E-state index in [1.54, 1.807) is 6.92 Å². The van der Waals surface area contributed by atoms with E-state index in [0.29, 0.717) is 11.3 Å². The van der Waals surface area contributed by atoms with Gasteiger partial charge in [0.15, 0.2) is 5.76 Å². The van der Waals surface area contributed by atoms with Gasteiger partial charge >= 0.3 is 11.9 Å². The van der Waals surface area contributed by atoms with Gasteiger partial charge < -0.3 is 14.3 Å². The molecule has 0 spiro atoms. The number of aliphatic carboxylic acids is 1. The van der Waals surface area contributed by atoms with Gasteiger partial charge in [-0.3, -0.25) is 19.8 Å². The van der Waals surface area contributed by atoms with Gasteiger partial charge in [0.05, 0.1) is 24.3 Å². The van der Waals surface area contributed by atoms with Crippen LogP contribution in [0.25, 0.3) is 0 Å². The van der Waals surface area contributed by atoms with Gasteiger partial charge in [0, 0.05) is 0 Å². The molecule has 1 aromatic heterocycles. The molecule has 1 fully saturated rings. The van der Waals surface area contributed by atoms with Crippen molar-refractivity contribution in [2.45, 2.75) is 25.8 Å². The Hall–Kier alpha value is -3.24. The molecular formula is C13H13N4O7-. The highest BCUT2D eigenvalue weighted by molar-refractivity contribution is 6.04. The van der Waals surface area contributed by atoms with E-state index in [-0.39, 0.29) is 12.2 Å². The smallest absolute Gasteiger partial charge is 0.433 e. The highest BCUT2D eigenvalue weighted by Gasteiger charge is 2.40. The number of nitro groups is 1. The molecule has 1 saturated heterocycles. The molecule has 0 saturated carbocycles. The van der Waals surface area contributed by atoms with Crippen molar-refractivity contribution in [1.29, 1.82) is 0 Å². The Morgan fingerprint density at radius 2 is 2.21 bits per heavy atom. The van der Waals surface area contributed by atoms with E-state index in [2.05, 4.69) is 5.10 Å². The largest absolute Gasteiger partial charge is 0.548 e. The van der Waals surface area contributed by atoms with Crippen molar-refractivity contribution >= 4 is 30.0 Å². The molecule has 0 radical (unpaired) electrons. The van der Waals surface area contributed by atoms with Crippen LogP contribution in [0, 0.1) is 10.1 Å². The zero-order chi connectivity index (χ0) is 17.9. The Morgan fingerprint density at radius 3 is 2.75 bits per heavy atom. The minimum atomic E-state index is -1.52. The number of imide groups is 1. The molecule has 11 nitrogen and oxygen atoms in total. The third kappa shape index (κ3) is 3.39. The SMILES string of the molecule is CCCC(C(=O)[O-])N1C(=O)CN(N=Cc2ccc([N+](=O)[O-])o2)C1=O. The fourth-order valence-corrected chi connectivity index (χ4v) is 2.16. The Kier molecular flexibility index (Phi) is 4.92. The lowest BCUT2D eigenvalue weighted by Gasteiger charge is -2.25. The van der Waals surface area contributed by atoms with Crippen LogP contribution in [0.2, 0.25) is 0 Å². The third-order valence-corrected chi connectivity index (χ3v) is 3.24. The monoisotopic (exact) mass is 337 g/mol. The van der Waals surface area contributed by atoms with Crippen molar-refractivity contribution in [2.24, 2.45) is 5.10 Å². The van der Waals surface area contributed by atoms with Crippen LogP contribution in [0.3, 0.4) is 0 Å². The number of furan rings is 1. The molecule has 2 heterocycles. The topological polar surface area (TPSA) is 149 Å². The van der Waals surface area contributed by atoms with Crippen LogP contribution in [-0.4, -0.2) is 51.5 Å². The van der Waals surface area contributed by atoms with Gasteiger partial charge in [-0.1, -0.05) is 13.3 Å². The normalized spacial score (nSPS) is 16.2. The predicted molar refractivity (Wildman–Crippen MR) is 75.6 cm³/mol. The van der Waals surface area contributed by atoms with E-state index in [0.717, 1.165) is 17.3 Å². The van der Waals surface area contributed by atoms with Crippen molar-refractivity contribution in [3.63, 3.8) is 0 Å². The second-order valence-corrected chi connectivity index (χ2v) is 4.91. The molecule has 0 N–H and O–H groups in total. The summed E-state index contributed by atoms with van der Waals surface area (Å²) in [5.41, 5.74) is 0. The minimum Gasteiger partial charge on any atom is -0.548 e. The molecule has 1 aliphatic rings. The van der Waals surface area contributed by atoms with Crippen LogP contribution < -0.4 is 5.11 Å². The maximum atomic E-state index is 12.2. The zero-order valence-corrected chi connectivity index (χ0v) is 12.6. The fraction of sp³-hybridized carbons (Fsp3) is 0.385. The molecule has 128 valence electrons. The van der Waals surface area contributed by atoms with Gasteiger partial charge in [0.25, 0.3) is 5.91 Å². The summed E-state index contributed by atoms with van der Waals surface area (Å²) in [6.45, 7) is 1.27. The Labute approximate surface area is 135 Å². The van der Waals surface area contributed by atoms with Crippen LogP contribution in [0.1, 0.15) is 25.5 Å². The quantitative estimate of drug-likeness (QED) is 0.287. The van der Waals surface area contributed by atoms with Crippen LogP contribution in [0.4, 0.5) is 10.7 Å². The molecule has 24 heavy (non-hydrogen) atoms. The minimum absolute atomic E-state index is 0.00501. The number of carboxylic acids is 1. The van der Waals surface area contributed by atoms with Gasteiger partial charge in [-0.05, 0) is 12.5 Å². The summed E-state index contributed by atoms with van der Waals surface area (Å²) in [4.78, 5) is 45.6. The summed E-state index contributed by atoms with van der Waals surface area (Å²) in [5, 5.41) is 26.1. The predicted octanol–water partition coefficient (Wildman–Crippen LogP) is -0.295. The van der Waals surface area contributed by atoms with E-state index in [1.165, 1.54) is 6.07 Å². The Morgan fingerprint density at radius 1 is 1.50 bits per heavy atom. The van der Waals surface area contributed by atoms with Crippen LogP contribution in [0.5, 0.6) is 0 Å². The summed E-state index contributed by atoms with van der Waals surface area (Å²) in [5.74, 6) is -2.73. The van der Waals surface area contributed by atoms with E-state index in [4.69, 9.17) is 4.42 Å². The summed E-state index contributed by atoms with van der Waals surface area (Å²) >= 11 is 0. The first kappa shape index (κ1) is 17.1. The first-order valence-corrected chi connectivity index (χ1v) is 6.97. The van der Waals surface area contributed by atoms with E-state index >= 15 is 0 Å². The van der Waals surface area contributed by atoms with Gasteiger partial charge in [0.1, 0.15) is 11.5 Å². The first-order chi connectivity index (χ1) is 11.3. The Bertz CT molecular complexity index is 711. The number of urea groups is 1. The lowest BCUT2D eigenvalue weighted by molar-refractivity contribution is -0.402. The highest BCUT2D eigenvalue weighted by atomic mass is 16.6. The summed E-state index contributed by atoms with van der Waals surface area (Å²) in [7, 11) is 0. The van der Waals surface area contributed by atoms with Crippen LogP contribution in [0.15, 0.2) is 21.7 Å². The second kappa shape index (κ2) is 6.89. The molecule has 1 atom stereocenters. The first-order valence-electron chi connectivity index (χ1n) is 6.97. The molecule has 0 aromatic carbocycles. The number of carboxylic acid groups (broad SMARTS) is 1. The van der Waals surface area contributed by atoms with Crippen molar-refractivity contribution in [1.82, 2.24) is 9.91 Å². The Balaban J connectivity index is 2.14. The maximum Gasteiger partial charge on any atom is 0.433 e. The van der Waals surface area contributed by atoms with Gasteiger partial charge in [-0.2, -0.15) is 5.10 Å². The number of hydrogen-bond acceptors (Lipinski definition) is 8. The number of rotatable bonds is 7. The van der Waals surface area contributed by atoms with Gasteiger partial charge in [0.2, 0.25) is 0 Å². The van der Waals surface area contributed by atoms with Crippen LogP contribution in [-0.2, 0) is 9.59 Å². The number of nitrogens with zero attached hydrogens (tertiary/aromatic N) is 4. The van der Waals surface area contributed by atoms with Crippen molar-refractivity contribution < 1.29 is 28.8 Å². The average Bonchev–Trinajstić information content (AvgIpc) is 3.08. The number of carbonyl (C=O) groups is 3. The fourth-order valence-electron chi connectivity index (χ4n) is 2.16. The van der Waals surface area contributed by atoms with E-state index in [1.807, 2.05) is 0 Å². The maximum absolute atomic E-state index is 12.2. The molecule has 2 rings (SSSR count). The molecule has 3 amide bonds. The van der Waals surface area contributed by atoms with Crippen molar-refractivity contribution in [2.75, 3.05) is 6.54 Å². The lowest BCUT2D eigenvalue weighted by Crippen LogP contribution is -2.50. The van der Waals surface area contributed by atoms with Crippen molar-refractivity contribution in [3.8, 4) is 0 Å². The number of carbonyl (C=O) groups excluding carboxylic acids is 3. The molecule has 11 heteroatoms. The summed E-state index contributed by atoms with van der Waals surface area (Å²) < 4.78 is 4.83. The molecule has 1 aromatic rings. The molecule has 0 bridgehead atoms. The van der Waals surface area contributed by atoms with E-state index in [9.17, 15) is 29.6 Å². The standard InChI is InChI=1S/C13H14N4O7/c1-2-3-9(12(19)20)16-10(18)7-15(13(16)21)14-6-8-4-5-11(24-8)17(22)23/h4-6,9H,2-3,7H2,1H3,(H,19,20)/p-1. The summed E-state index contributed by atoms with van der Waals surface area (Å²) in [6.07, 6.45) is 1.53. The highest BCUT2D eigenvalue weighted by Crippen LogP contribution is 2.18. The van der Waals surface area contributed by atoms with E-state index < -0.39 is 41.3 Å². The third-order valence-electron chi connectivity index (χ3n) is 3.24. The lowest BCUT2D eigenvalue weighted by atomic mass is 10.1.